The molecule has 10 heteroatoms. The number of benzene rings is 2. The highest BCUT2D eigenvalue weighted by molar-refractivity contribution is 7.92. The van der Waals surface area contributed by atoms with Crippen molar-refractivity contribution >= 4 is 51.0 Å². The van der Waals surface area contributed by atoms with E-state index in [1.807, 2.05) is 6.92 Å². The Kier molecular flexibility index (Phi) is 7.27. The zero-order valence-electron chi connectivity index (χ0n) is 16.4. The summed E-state index contributed by atoms with van der Waals surface area (Å²) in [5.74, 6) is -0.654. The highest BCUT2D eigenvalue weighted by Crippen LogP contribution is 2.29. The number of amides is 1. The molecule has 1 heterocycles. The van der Waals surface area contributed by atoms with Gasteiger partial charge in [0, 0.05) is 16.2 Å². The Morgan fingerprint density at radius 2 is 1.77 bits per heavy atom. The Hall–Kier alpha value is -2.94. The molecule has 1 N–H and O–H groups in total. The van der Waals surface area contributed by atoms with Crippen LogP contribution >= 0.6 is 23.2 Å². The molecule has 0 unspecified atom stereocenters. The van der Waals surface area contributed by atoms with Crippen molar-refractivity contribution in [3.05, 3.63) is 88.2 Å². The summed E-state index contributed by atoms with van der Waals surface area (Å²) in [7, 11) is -4.09. The molecule has 0 aliphatic carbocycles. The molecule has 3 rings (SSSR count). The Morgan fingerprint density at radius 3 is 2.39 bits per heavy atom. The number of hydrogen-bond acceptors (Lipinski definition) is 5. The van der Waals surface area contributed by atoms with Crippen LogP contribution in [0.1, 0.15) is 11.3 Å². The van der Waals surface area contributed by atoms with Gasteiger partial charge in [0.2, 0.25) is 0 Å². The molecule has 2 aromatic carbocycles. The number of hydrazone groups is 1. The standard InChI is InChI=1S/C21H18Cl2N4O3S/c1-15-5-7-20(8-6-15)31(29,30)27(19-11-16(22)10-17(23)12-19)14-21(28)26-25-13-18-4-2-3-9-24-18/h2-13H,14H2,1H3,(H,26,28)/b25-13-. The van der Waals surface area contributed by atoms with E-state index in [0.29, 0.717) is 5.69 Å². The molecule has 3 aromatic rings. The first-order chi connectivity index (χ1) is 14.8. The highest BCUT2D eigenvalue weighted by Gasteiger charge is 2.27. The van der Waals surface area contributed by atoms with Gasteiger partial charge in [-0.05, 0) is 49.4 Å². The lowest BCUT2D eigenvalue weighted by Gasteiger charge is -2.24. The number of rotatable bonds is 7. The fraction of sp³-hybridized carbons (Fsp3) is 0.0952. The fourth-order valence-electron chi connectivity index (χ4n) is 2.62. The summed E-state index contributed by atoms with van der Waals surface area (Å²) < 4.78 is 27.5. The SMILES string of the molecule is Cc1ccc(S(=O)(=O)N(CC(=O)N/N=C\c2ccccn2)c2cc(Cl)cc(Cl)c2)cc1. The minimum absolute atomic E-state index is 0.0268. The van der Waals surface area contributed by atoms with Crippen LogP contribution in [0.15, 0.2) is 76.9 Å². The van der Waals surface area contributed by atoms with Gasteiger partial charge in [0.15, 0.2) is 0 Å². The van der Waals surface area contributed by atoms with Crippen LogP contribution in [0, 0.1) is 6.92 Å². The van der Waals surface area contributed by atoms with Gasteiger partial charge in [0.25, 0.3) is 15.9 Å². The van der Waals surface area contributed by atoms with Crippen LogP contribution in [0.4, 0.5) is 5.69 Å². The van der Waals surface area contributed by atoms with E-state index in [9.17, 15) is 13.2 Å². The van der Waals surface area contributed by atoms with Crippen LogP contribution in [-0.2, 0) is 14.8 Å². The molecule has 31 heavy (non-hydrogen) atoms. The minimum atomic E-state index is -4.09. The van der Waals surface area contributed by atoms with E-state index in [0.717, 1.165) is 9.87 Å². The van der Waals surface area contributed by atoms with Gasteiger partial charge in [-0.15, -0.1) is 0 Å². The number of sulfonamides is 1. The van der Waals surface area contributed by atoms with Gasteiger partial charge in [0.1, 0.15) is 6.54 Å². The number of nitrogens with one attached hydrogen (secondary N) is 1. The van der Waals surface area contributed by atoms with Crippen molar-refractivity contribution in [1.29, 1.82) is 0 Å². The molecule has 160 valence electrons. The number of aryl methyl sites for hydroxylation is 1. The summed E-state index contributed by atoms with van der Waals surface area (Å²) in [4.78, 5) is 16.6. The lowest BCUT2D eigenvalue weighted by atomic mass is 10.2. The van der Waals surface area contributed by atoms with Crippen LogP contribution in [0.2, 0.25) is 10.0 Å². The van der Waals surface area contributed by atoms with Gasteiger partial charge in [0.05, 0.1) is 22.5 Å². The minimum Gasteiger partial charge on any atom is -0.271 e. The summed E-state index contributed by atoms with van der Waals surface area (Å²) in [5, 5.41) is 4.30. The van der Waals surface area contributed by atoms with E-state index in [1.165, 1.54) is 36.5 Å². The van der Waals surface area contributed by atoms with Gasteiger partial charge in [-0.1, -0.05) is 47.0 Å². The second kappa shape index (κ2) is 9.91. The quantitative estimate of drug-likeness (QED) is 0.411. The number of pyridine rings is 1. The zero-order chi connectivity index (χ0) is 22.4. The molecule has 0 saturated carbocycles. The van der Waals surface area contributed by atoms with Crippen LogP contribution in [-0.4, -0.2) is 32.1 Å². The molecule has 0 aliphatic rings. The molecule has 7 nitrogen and oxygen atoms in total. The lowest BCUT2D eigenvalue weighted by molar-refractivity contribution is -0.119. The molecule has 0 bridgehead atoms. The first-order valence-corrected chi connectivity index (χ1v) is 11.2. The largest absolute Gasteiger partial charge is 0.271 e. The number of anilines is 1. The molecule has 1 amide bonds. The maximum absolute atomic E-state index is 13.3. The number of hydrogen-bond donors (Lipinski definition) is 1. The second-order valence-electron chi connectivity index (χ2n) is 6.50. The molecule has 0 fully saturated rings. The van der Waals surface area contributed by atoms with E-state index < -0.39 is 22.5 Å². The lowest BCUT2D eigenvalue weighted by Crippen LogP contribution is -2.39. The van der Waals surface area contributed by atoms with E-state index in [4.69, 9.17) is 23.2 Å². The predicted octanol–water partition coefficient (Wildman–Crippen LogP) is 4.04. The van der Waals surface area contributed by atoms with Crippen molar-refractivity contribution in [3.63, 3.8) is 0 Å². The Morgan fingerprint density at radius 1 is 1.10 bits per heavy atom. The van der Waals surface area contributed by atoms with Crippen molar-refractivity contribution < 1.29 is 13.2 Å². The van der Waals surface area contributed by atoms with Gasteiger partial charge < -0.3 is 0 Å². The molecular weight excluding hydrogens is 459 g/mol. The normalized spacial score (nSPS) is 11.5. The molecule has 1 aromatic heterocycles. The van der Waals surface area contributed by atoms with E-state index in [2.05, 4.69) is 15.5 Å². The Balaban J connectivity index is 1.89. The molecule has 0 radical (unpaired) electrons. The third-order valence-electron chi connectivity index (χ3n) is 4.11. The molecule has 0 atom stereocenters. The second-order valence-corrected chi connectivity index (χ2v) is 9.24. The predicted molar refractivity (Wildman–Crippen MR) is 122 cm³/mol. The zero-order valence-corrected chi connectivity index (χ0v) is 18.7. The smallest absolute Gasteiger partial charge is 0.264 e. The monoisotopic (exact) mass is 476 g/mol. The third kappa shape index (κ3) is 6.04. The van der Waals surface area contributed by atoms with Crippen molar-refractivity contribution in [2.24, 2.45) is 5.10 Å². The van der Waals surface area contributed by atoms with Crippen LogP contribution in [0.3, 0.4) is 0 Å². The van der Waals surface area contributed by atoms with Crippen molar-refractivity contribution in [1.82, 2.24) is 10.4 Å². The maximum Gasteiger partial charge on any atom is 0.264 e. The summed E-state index contributed by atoms with van der Waals surface area (Å²) in [6.07, 6.45) is 2.94. The highest BCUT2D eigenvalue weighted by atomic mass is 35.5. The number of halogens is 2. The number of nitrogens with zero attached hydrogens (tertiary/aromatic N) is 3. The first kappa shape index (κ1) is 22.7. The van der Waals surface area contributed by atoms with Gasteiger partial charge in [-0.25, -0.2) is 13.8 Å². The fourth-order valence-corrected chi connectivity index (χ4v) is 4.54. The Labute approximate surface area is 190 Å². The number of aromatic nitrogens is 1. The van der Waals surface area contributed by atoms with Crippen molar-refractivity contribution in [2.75, 3.05) is 10.8 Å². The number of carbonyl (C=O) groups excluding carboxylic acids is 1. The van der Waals surface area contributed by atoms with E-state index in [-0.39, 0.29) is 20.6 Å². The summed E-state index contributed by atoms with van der Waals surface area (Å²) in [6.45, 7) is 1.31. The van der Waals surface area contributed by atoms with E-state index in [1.54, 1.807) is 36.5 Å². The van der Waals surface area contributed by atoms with Gasteiger partial charge in [-0.2, -0.15) is 5.10 Å². The summed E-state index contributed by atoms with van der Waals surface area (Å²) in [6, 6.07) is 15.8. The molecule has 0 saturated heterocycles. The summed E-state index contributed by atoms with van der Waals surface area (Å²) in [5.41, 5.74) is 3.90. The van der Waals surface area contributed by atoms with Crippen LogP contribution in [0.25, 0.3) is 0 Å². The number of carbonyl (C=O) groups is 1. The van der Waals surface area contributed by atoms with Crippen LogP contribution in [0.5, 0.6) is 0 Å². The molecule has 0 spiro atoms. The third-order valence-corrected chi connectivity index (χ3v) is 6.33. The van der Waals surface area contributed by atoms with Gasteiger partial charge in [-0.3, -0.25) is 14.1 Å². The first-order valence-electron chi connectivity index (χ1n) is 9.04. The van der Waals surface area contributed by atoms with Crippen molar-refractivity contribution in [3.8, 4) is 0 Å². The average molecular weight is 477 g/mol. The summed E-state index contributed by atoms with van der Waals surface area (Å²) >= 11 is 12.1. The van der Waals surface area contributed by atoms with E-state index >= 15 is 0 Å². The molecule has 0 aliphatic heterocycles. The molecular formula is C21H18Cl2N4O3S. The van der Waals surface area contributed by atoms with Crippen LogP contribution < -0.4 is 9.73 Å². The topological polar surface area (TPSA) is 91.7 Å². The average Bonchev–Trinajstić information content (AvgIpc) is 2.72. The maximum atomic E-state index is 13.3. The van der Waals surface area contributed by atoms with Gasteiger partial charge >= 0.3 is 0 Å². The Bertz CT molecular complexity index is 1180. The van der Waals surface area contributed by atoms with Crippen molar-refractivity contribution in [2.45, 2.75) is 11.8 Å².